The molecule has 0 aliphatic heterocycles. The molecule has 20 heavy (non-hydrogen) atoms. The van der Waals surface area contributed by atoms with Gasteiger partial charge in [-0.2, -0.15) is 0 Å². The van der Waals surface area contributed by atoms with E-state index in [-0.39, 0.29) is 0 Å². The molecule has 0 atom stereocenters. The van der Waals surface area contributed by atoms with Crippen LogP contribution in [-0.2, 0) is 4.79 Å². The molecule has 0 aliphatic carbocycles. The molecule has 0 spiro atoms. The van der Waals surface area contributed by atoms with E-state index < -0.39 is 5.97 Å². The number of carboxylic acid groups (broad SMARTS) is 1. The lowest BCUT2D eigenvalue weighted by Gasteiger charge is -2.02. The third-order valence-corrected chi connectivity index (χ3v) is 3.12. The van der Waals surface area contributed by atoms with Gasteiger partial charge in [0.2, 0.25) is 0 Å². The van der Waals surface area contributed by atoms with Crippen molar-refractivity contribution in [1.29, 1.82) is 0 Å². The molecule has 102 valence electrons. The van der Waals surface area contributed by atoms with Crippen LogP contribution in [0.1, 0.15) is 19.8 Å². The first-order valence-electron chi connectivity index (χ1n) is 6.80. The molecule has 0 saturated heterocycles. The van der Waals surface area contributed by atoms with Crippen molar-refractivity contribution < 1.29 is 9.90 Å². The molecule has 0 aromatic heterocycles. The van der Waals surface area contributed by atoms with E-state index in [9.17, 15) is 4.79 Å². The molecule has 3 rings (SSSR count). The van der Waals surface area contributed by atoms with Crippen LogP contribution in [0.3, 0.4) is 0 Å². The summed E-state index contributed by atoms with van der Waals surface area (Å²) >= 11 is 0. The Morgan fingerprint density at radius 2 is 1.30 bits per heavy atom. The Labute approximate surface area is 118 Å². The van der Waals surface area contributed by atoms with Crippen LogP contribution in [0.5, 0.6) is 0 Å². The second-order valence-electron chi connectivity index (χ2n) is 4.65. The summed E-state index contributed by atoms with van der Waals surface area (Å²) in [5.74, 6) is -0.711. The number of hydrogen-bond donors (Lipinski definition) is 1. The van der Waals surface area contributed by atoms with Gasteiger partial charge >= 0.3 is 5.97 Å². The van der Waals surface area contributed by atoms with Gasteiger partial charge in [0.05, 0.1) is 0 Å². The molecule has 2 heteroatoms. The lowest BCUT2D eigenvalue weighted by molar-refractivity contribution is -0.137. The van der Waals surface area contributed by atoms with Gasteiger partial charge in [0.15, 0.2) is 0 Å². The minimum absolute atomic E-state index is 0.292. The molecule has 0 fully saturated rings. The summed E-state index contributed by atoms with van der Waals surface area (Å²) in [6.45, 7) is 1.84. The van der Waals surface area contributed by atoms with Gasteiger partial charge in [-0.1, -0.05) is 67.6 Å². The number of carboxylic acids is 1. The van der Waals surface area contributed by atoms with Crippen LogP contribution in [0.25, 0.3) is 21.5 Å². The van der Waals surface area contributed by atoms with E-state index in [1.165, 1.54) is 21.5 Å². The van der Waals surface area contributed by atoms with Gasteiger partial charge in [-0.3, -0.25) is 4.79 Å². The van der Waals surface area contributed by atoms with Gasteiger partial charge in [-0.05, 0) is 28.0 Å². The fourth-order valence-electron chi connectivity index (χ4n) is 2.17. The van der Waals surface area contributed by atoms with E-state index >= 15 is 0 Å². The van der Waals surface area contributed by atoms with Crippen LogP contribution in [0.15, 0.2) is 60.7 Å². The highest BCUT2D eigenvalue weighted by Gasteiger charge is 1.97. The van der Waals surface area contributed by atoms with Crippen molar-refractivity contribution in [1.82, 2.24) is 0 Å². The molecule has 0 aliphatic rings. The molecule has 3 aromatic carbocycles. The lowest BCUT2D eigenvalue weighted by Crippen LogP contribution is -1.90. The van der Waals surface area contributed by atoms with Crippen LogP contribution in [0, 0.1) is 0 Å². The number of benzene rings is 3. The van der Waals surface area contributed by atoms with Crippen molar-refractivity contribution in [3.05, 3.63) is 60.7 Å². The second kappa shape index (κ2) is 6.71. The standard InChI is InChI=1S/C14H10.C4H8O2/c1-3-7-13-11(5-1)9-10-12-6-2-4-8-14(12)13;1-2-3-4(5)6/h1-10H;2-3H2,1H3,(H,5,6). The maximum absolute atomic E-state index is 9.60. The number of hydrogen-bond acceptors (Lipinski definition) is 1. The third-order valence-electron chi connectivity index (χ3n) is 3.12. The summed E-state index contributed by atoms with van der Waals surface area (Å²) in [4.78, 5) is 9.60. The monoisotopic (exact) mass is 266 g/mol. The zero-order chi connectivity index (χ0) is 14.4. The zero-order valence-corrected chi connectivity index (χ0v) is 11.5. The summed E-state index contributed by atoms with van der Waals surface area (Å²) in [6.07, 6.45) is 1.02. The highest BCUT2D eigenvalue weighted by molar-refractivity contribution is 6.07. The van der Waals surface area contributed by atoms with Gasteiger partial charge in [0.1, 0.15) is 0 Å². The van der Waals surface area contributed by atoms with Crippen LogP contribution in [0.4, 0.5) is 0 Å². The average Bonchev–Trinajstić information content (AvgIpc) is 2.48. The van der Waals surface area contributed by atoms with E-state index in [4.69, 9.17) is 5.11 Å². The molecule has 0 amide bonds. The van der Waals surface area contributed by atoms with Crippen molar-refractivity contribution >= 4 is 27.5 Å². The SMILES string of the molecule is CCCC(=O)O.c1ccc2c(c1)ccc1ccccc12. The number of carbonyl (C=O) groups is 1. The van der Waals surface area contributed by atoms with Crippen molar-refractivity contribution in [3.8, 4) is 0 Å². The van der Waals surface area contributed by atoms with Crippen LogP contribution in [-0.4, -0.2) is 11.1 Å². The van der Waals surface area contributed by atoms with Gasteiger partial charge in [0.25, 0.3) is 0 Å². The summed E-state index contributed by atoms with van der Waals surface area (Å²) in [6, 6.07) is 21.4. The minimum Gasteiger partial charge on any atom is -0.481 e. The zero-order valence-electron chi connectivity index (χ0n) is 11.5. The fourth-order valence-corrected chi connectivity index (χ4v) is 2.17. The first-order chi connectivity index (χ1) is 9.72. The quantitative estimate of drug-likeness (QED) is 0.672. The number of rotatable bonds is 2. The molecule has 0 bridgehead atoms. The Morgan fingerprint density at radius 3 is 1.65 bits per heavy atom. The van der Waals surface area contributed by atoms with E-state index in [0.717, 1.165) is 6.42 Å². The van der Waals surface area contributed by atoms with Crippen LogP contribution < -0.4 is 0 Å². The predicted molar refractivity (Wildman–Crippen MR) is 84.0 cm³/mol. The van der Waals surface area contributed by atoms with E-state index in [1.54, 1.807) is 0 Å². The largest absolute Gasteiger partial charge is 0.481 e. The second-order valence-corrected chi connectivity index (χ2v) is 4.65. The molecule has 0 saturated carbocycles. The van der Waals surface area contributed by atoms with Gasteiger partial charge in [-0.25, -0.2) is 0 Å². The molecular weight excluding hydrogens is 248 g/mol. The third kappa shape index (κ3) is 3.35. The van der Waals surface area contributed by atoms with Gasteiger partial charge in [0, 0.05) is 6.42 Å². The van der Waals surface area contributed by atoms with E-state index in [0.29, 0.717) is 6.42 Å². The minimum atomic E-state index is -0.711. The maximum Gasteiger partial charge on any atom is 0.303 e. The van der Waals surface area contributed by atoms with Crippen molar-refractivity contribution in [2.24, 2.45) is 0 Å². The highest BCUT2D eigenvalue weighted by Crippen LogP contribution is 2.24. The molecule has 0 heterocycles. The van der Waals surface area contributed by atoms with Crippen molar-refractivity contribution in [2.45, 2.75) is 19.8 Å². The van der Waals surface area contributed by atoms with Crippen molar-refractivity contribution in [3.63, 3.8) is 0 Å². The van der Waals surface area contributed by atoms with Gasteiger partial charge < -0.3 is 5.11 Å². The lowest BCUT2D eigenvalue weighted by atomic mass is 10.0. The Bertz CT molecular complexity index is 662. The summed E-state index contributed by atoms with van der Waals surface area (Å²) in [5.41, 5.74) is 0. The first-order valence-corrected chi connectivity index (χ1v) is 6.80. The average molecular weight is 266 g/mol. The Balaban J connectivity index is 0.000000212. The molecule has 0 unspecified atom stereocenters. The molecule has 2 nitrogen and oxygen atoms in total. The number of fused-ring (bicyclic) bond motifs is 3. The van der Waals surface area contributed by atoms with Gasteiger partial charge in [-0.15, -0.1) is 0 Å². The predicted octanol–water partition coefficient (Wildman–Crippen LogP) is 4.86. The maximum atomic E-state index is 9.60. The summed E-state index contributed by atoms with van der Waals surface area (Å²) in [5, 5.41) is 13.2. The normalized spacial score (nSPS) is 10.1. The summed E-state index contributed by atoms with van der Waals surface area (Å²) in [7, 11) is 0. The first kappa shape index (κ1) is 14.1. The Kier molecular flexibility index (Phi) is 4.72. The summed E-state index contributed by atoms with van der Waals surface area (Å²) < 4.78 is 0. The number of aliphatic carboxylic acids is 1. The topological polar surface area (TPSA) is 37.3 Å². The molecule has 0 radical (unpaired) electrons. The molecule has 1 N–H and O–H groups in total. The highest BCUT2D eigenvalue weighted by atomic mass is 16.4. The fraction of sp³-hybridized carbons (Fsp3) is 0.167. The Hall–Kier alpha value is -2.35. The van der Waals surface area contributed by atoms with Crippen molar-refractivity contribution in [2.75, 3.05) is 0 Å². The Morgan fingerprint density at radius 1 is 0.850 bits per heavy atom. The van der Waals surface area contributed by atoms with E-state index in [1.807, 2.05) is 6.92 Å². The van der Waals surface area contributed by atoms with Crippen LogP contribution >= 0.6 is 0 Å². The molecule has 3 aromatic rings. The van der Waals surface area contributed by atoms with E-state index in [2.05, 4.69) is 60.7 Å². The van der Waals surface area contributed by atoms with Crippen LogP contribution in [0.2, 0.25) is 0 Å². The molecular formula is C18H18O2. The smallest absolute Gasteiger partial charge is 0.303 e.